The van der Waals surface area contributed by atoms with Gasteiger partial charge in [0.15, 0.2) is 5.82 Å². The van der Waals surface area contributed by atoms with Crippen LogP contribution in [0.3, 0.4) is 0 Å². The summed E-state index contributed by atoms with van der Waals surface area (Å²) in [6.07, 6.45) is 2.15. The van der Waals surface area contributed by atoms with Crippen molar-refractivity contribution in [3.8, 4) is 0 Å². The molecule has 2 aromatic rings. The third-order valence-electron chi connectivity index (χ3n) is 3.50. The number of aliphatic hydroxyl groups excluding tert-OH is 2. The van der Waals surface area contributed by atoms with Crippen LogP contribution in [0, 0.1) is 6.92 Å². The molecular formula is C12H16N4O3. The van der Waals surface area contributed by atoms with Gasteiger partial charge >= 0.3 is 0 Å². The number of aromatic nitrogens is 3. The van der Waals surface area contributed by atoms with E-state index in [1.165, 1.54) is 0 Å². The SMILES string of the molecule is Cc1cnc(N)c2ncn([C@H]3C[C@H](O)[C@@H](CO)O3)c12. The number of hydrogen-bond acceptors (Lipinski definition) is 6. The fourth-order valence-electron chi connectivity index (χ4n) is 2.50. The van der Waals surface area contributed by atoms with Gasteiger partial charge in [-0.2, -0.15) is 0 Å². The number of anilines is 1. The molecule has 0 radical (unpaired) electrons. The predicted molar refractivity (Wildman–Crippen MR) is 68.3 cm³/mol. The number of aryl methyl sites for hydroxylation is 1. The van der Waals surface area contributed by atoms with Gasteiger partial charge in [0.2, 0.25) is 0 Å². The van der Waals surface area contributed by atoms with E-state index in [0.29, 0.717) is 17.8 Å². The summed E-state index contributed by atoms with van der Waals surface area (Å²) in [7, 11) is 0. The second kappa shape index (κ2) is 4.44. The van der Waals surface area contributed by atoms with Crippen LogP contribution in [-0.4, -0.2) is 43.6 Å². The van der Waals surface area contributed by atoms with Gasteiger partial charge in [0.05, 0.1) is 24.6 Å². The minimum atomic E-state index is -0.674. The lowest BCUT2D eigenvalue weighted by Gasteiger charge is -2.15. The van der Waals surface area contributed by atoms with Crippen molar-refractivity contribution in [1.82, 2.24) is 14.5 Å². The smallest absolute Gasteiger partial charge is 0.151 e. The van der Waals surface area contributed by atoms with Crippen molar-refractivity contribution in [1.29, 1.82) is 0 Å². The molecule has 1 saturated heterocycles. The number of nitrogen functional groups attached to an aromatic ring is 1. The Morgan fingerprint density at radius 2 is 2.32 bits per heavy atom. The van der Waals surface area contributed by atoms with E-state index in [9.17, 15) is 5.11 Å². The van der Waals surface area contributed by atoms with Crippen LogP contribution in [0.15, 0.2) is 12.5 Å². The van der Waals surface area contributed by atoms with Crippen molar-refractivity contribution in [2.24, 2.45) is 0 Å². The van der Waals surface area contributed by atoms with Gasteiger partial charge in [0, 0.05) is 12.6 Å². The molecule has 2 aromatic heterocycles. The highest BCUT2D eigenvalue weighted by molar-refractivity contribution is 5.87. The van der Waals surface area contributed by atoms with Crippen molar-refractivity contribution >= 4 is 16.9 Å². The van der Waals surface area contributed by atoms with E-state index >= 15 is 0 Å². The van der Waals surface area contributed by atoms with Crippen molar-refractivity contribution in [3.63, 3.8) is 0 Å². The lowest BCUT2D eigenvalue weighted by atomic mass is 10.2. The number of hydrogen-bond donors (Lipinski definition) is 3. The number of pyridine rings is 1. The lowest BCUT2D eigenvalue weighted by molar-refractivity contribution is -0.0430. The molecule has 1 aliphatic rings. The summed E-state index contributed by atoms with van der Waals surface area (Å²) in [4.78, 5) is 8.32. The fraction of sp³-hybridized carbons (Fsp3) is 0.500. The van der Waals surface area contributed by atoms with Crippen molar-refractivity contribution in [3.05, 3.63) is 18.1 Å². The van der Waals surface area contributed by atoms with Crippen LogP contribution in [-0.2, 0) is 4.74 Å². The molecule has 0 aromatic carbocycles. The van der Waals surface area contributed by atoms with E-state index < -0.39 is 12.2 Å². The number of ether oxygens (including phenoxy) is 1. The monoisotopic (exact) mass is 264 g/mol. The van der Waals surface area contributed by atoms with Gasteiger partial charge in [-0.3, -0.25) is 0 Å². The highest BCUT2D eigenvalue weighted by atomic mass is 16.5. The molecule has 3 atom stereocenters. The Morgan fingerprint density at radius 3 is 3.00 bits per heavy atom. The van der Waals surface area contributed by atoms with E-state index in [0.717, 1.165) is 11.1 Å². The molecule has 0 aliphatic carbocycles. The summed E-state index contributed by atoms with van der Waals surface area (Å²) in [5.74, 6) is 0.372. The Bertz CT molecular complexity index is 612. The zero-order chi connectivity index (χ0) is 13.6. The van der Waals surface area contributed by atoms with Crippen LogP contribution in [0.2, 0.25) is 0 Å². The van der Waals surface area contributed by atoms with Crippen LogP contribution in [0.25, 0.3) is 11.0 Å². The molecule has 4 N–H and O–H groups in total. The highest BCUT2D eigenvalue weighted by Crippen LogP contribution is 2.32. The quantitative estimate of drug-likeness (QED) is 0.703. The largest absolute Gasteiger partial charge is 0.394 e. The first kappa shape index (κ1) is 12.3. The van der Waals surface area contributed by atoms with Crippen LogP contribution in [0.4, 0.5) is 5.82 Å². The molecule has 3 heterocycles. The fourth-order valence-corrected chi connectivity index (χ4v) is 2.50. The Hall–Kier alpha value is -1.70. The number of imidazole rings is 1. The predicted octanol–water partition coefficient (Wildman–Crippen LogP) is -0.0374. The molecule has 19 heavy (non-hydrogen) atoms. The molecule has 0 bridgehead atoms. The standard InChI is InChI=1S/C12H16N4O3/c1-6-3-14-12(13)10-11(6)16(5-15-10)9-2-7(18)8(4-17)19-9/h3,5,7-9,17-18H,2,4H2,1H3,(H2,13,14)/t7-,8+,9+/m0/s1. The van der Waals surface area contributed by atoms with Gasteiger partial charge in [-0.25, -0.2) is 9.97 Å². The number of nitrogens with zero attached hydrogens (tertiary/aromatic N) is 3. The molecule has 0 amide bonds. The van der Waals surface area contributed by atoms with Crippen LogP contribution < -0.4 is 5.73 Å². The number of fused-ring (bicyclic) bond motifs is 1. The van der Waals surface area contributed by atoms with E-state index in [1.807, 2.05) is 11.5 Å². The van der Waals surface area contributed by atoms with Crippen LogP contribution in [0.1, 0.15) is 18.2 Å². The molecule has 1 fully saturated rings. The second-order valence-corrected chi connectivity index (χ2v) is 4.79. The summed E-state index contributed by atoms with van der Waals surface area (Å²) in [6.45, 7) is 1.72. The van der Waals surface area contributed by atoms with E-state index in [2.05, 4.69) is 9.97 Å². The topological polar surface area (TPSA) is 106 Å². The van der Waals surface area contributed by atoms with Gasteiger partial charge < -0.3 is 25.3 Å². The minimum absolute atomic E-state index is 0.201. The first-order chi connectivity index (χ1) is 9.11. The van der Waals surface area contributed by atoms with Gasteiger partial charge in [-0.1, -0.05) is 0 Å². The number of aliphatic hydroxyl groups is 2. The minimum Gasteiger partial charge on any atom is -0.394 e. The maximum absolute atomic E-state index is 9.80. The normalized spacial score (nSPS) is 27.2. The molecule has 3 rings (SSSR count). The zero-order valence-corrected chi connectivity index (χ0v) is 10.5. The van der Waals surface area contributed by atoms with E-state index in [-0.39, 0.29) is 12.8 Å². The van der Waals surface area contributed by atoms with Crippen molar-refractivity contribution in [2.75, 3.05) is 12.3 Å². The Kier molecular flexibility index (Phi) is 2.89. The molecular weight excluding hydrogens is 248 g/mol. The molecule has 7 heteroatoms. The van der Waals surface area contributed by atoms with Gasteiger partial charge in [0.1, 0.15) is 17.8 Å². The molecule has 102 valence electrons. The highest BCUT2D eigenvalue weighted by Gasteiger charge is 2.35. The maximum Gasteiger partial charge on any atom is 0.151 e. The molecule has 1 aliphatic heterocycles. The molecule has 0 saturated carbocycles. The third kappa shape index (κ3) is 1.86. The van der Waals surface area contributed by atoms with E-state index in [1.54, 1.807) is 12.5 Å². The van der Waals surface area contributed by atoms with Crippen LogP contribution in [0.5, 0.6) is 0 Å². The van der Waals surface area contributed by atoms with Crippen LogP contribution >= 0.6 is 0 Å². The van der Waals surface area contributed by atoms with Gasteiger partial charge in [-0.15, -0.1) is 0 Å². The first-order valence-electron chi connectivity index (χ1n) is 6.13. The molecule has 0 spiro atoms. The van der Waals surface area contributed by atoms with Crippen molar-refractivity contribution in [2.45, 2.75) is 31.8 Å². The average molecular weight is 264 g/mol. The first-order valence-corrected chi connectivity index (χ1v) is 6.13. The number of nitrogens with two attached hydrogens (primary N) is 1. The molecule has 7 nitrogen and oxygen atoms in total. The summed E-state index contributed by atoms with van der Waals surface area (Å²) < 4.78 is 7.47. The third-order valence-corrected chi connectivity index (χ3v) is 3.50. The van der Waals surface area contributed by atoms with Crippen molar-refractivity contribution < 1.29 is 14.9 Å². The maximum atomic E-state index is 9.80. The van der Waals surface area contributed by atoms with E-state index in [4.69, 9.17) is 15.6 Å². The summed E-state index contributed by atoms with van der Waals surface area (Å²) in [5, 5.41) is 18.9. The second-order valence-electron chi connectivity index (χ2n) is 4.79. The Balaban J connectivity index is 2.05. The zero-order valence-electron chi connectivity index (χ0n) is 10.5. The summed E-state index contributed by atoms with van der Waals surface area (Å²) >= 11 is 0. The summed E-state index contributed by atoms with van der Waals surface area (Å²) in [5.41, 5.74) is 8.22. The Labute approximate surface area is 109 Å². The Morgan fingerprint density at radius 1 is 1.53 bits per heavy atom. The number of rotatable bonds is 2. The van der Waals surface area contributed by atoms with Gasteiger partial charge in [0.25, 0.3) is 0 Å². The van der Waals surface area contributed by atoms with Gasteiger partial charge in [-0.05, 0) is 12.5 Å². The summed E-state index contributed by atoms with van der Waals surface area (Å²) in [6, 6.07) is 0. The average Bonchev–Trinajstić information content (AvgIpc) is 2.97. The molecule has 0 unspecified atom stereocenters. The lowest BCUT2D eigenvalue weighted by Crippen LogP contribution is -2.24.